The van der Waals surface area contributed by atoms with Crippen molar-refractivity contribution in [2.45, 2.75) is 13.1 Å². The van der Waals surface area contributed by atoms with Crippen LogP contribution in [0, 0.1) is 0 Å². The number of hydrazine groups is 1. The first-order chi connectivity index (χ1) is 8.19. The van der Waals surface area contributed by atoms with Crippen LogP contribution in [0.1, 0.15) is 10.6 Å². The summed E-state index contributed by atoms with van der Waals surface area (Å²) in [5.74, 6) is 5.38. The molecule has 2 aromatic heterocycles. The number of nitrogen functional groups attached to an aromatic ring is 1. The highest BCUT2D eigenvalue weighted by Crippen LogP contribution is 2.22. The lowest BCUT2D eigenvalue weighted by Gasteiger charge is -2.14. The number of nitrogens with zero attached hydrogens (tertiary/aromatic N) is 3. The molecule has 0 radical (unpaired) electrons. The van der Waals surface area contributed by atoms with Gasteiger partial charge in [-0.3, -0.25) is 4.90 Å². The van der Waals surface area contributed by atoms with Gasteiger partial charge in [0.25, 0.3) is 0 Å². The highest BCUT2D eigenvalue weighted by Gasteiger charge is 2.10. The predicted octanol–water partition coefficient (Wildman–Crippen LogP) is 2.28. The Morgan fingerprint density at radius 3 is 3.00 bits per heavy atom. The number of rotatable bonds is 5. The molecule has 2 heterocycles. The monoisotopic (exact) mass is 333 g/mol. The van der Waals surface area contributed by atoms with Gasteiger partial charge in [0.2, 0.25) is 0 Å². The van der Waals surface area contributed by atoms with Crippen molar-refractivity contribution >= 4 is 43.8 Å². The van der Waals surface area contributed by atoms with E-state index in [1.165, 1.54) is 16.4 Å². The molecule has 0 aliphatic rings. The molecule has 5 nitrogen and oxygen atoms in total. The summed E-state index contributed by atoms with van der Waals surface area (Å²) in [4.78, 5) is 3.49. The van der Waals surface area contributed by atoms with Gasteiger partial charge >= 0.3 is 0 Å². The summed E-state index contributed by atoms with van der Waals surface area (Å²) in [7, 11) is 2.05. The molecular weight excluding hydrogens is 322 g/mol. The molecule has 0 aromatic carbocycles. The van der Waals surface area contributed by atoms with Gasteiger partial charge in [0.1, 0.15) is 10.7 Å². The third-order valence-electron chi connectivity index (χ3n) is 2.15. The van der Waals surface area contributed by atoms with Crippen LogP contribution in [0.15, 0.2) is 15.9 Å². The molecule has 2 rings (SSSR count). The molecule has 8 heteroatoms. The van der Waals surface area contributed by atoms with Crippen molar-refractivity contribution in [3.63, 3.8) is 0 Å². The molecule has 0 aliphatic heterocycles. The zero-order chi connectivity index (χ0) is 12.3. The fraction of sp³-hybridized carbons (Fsp3) is 0.333. The second kappa shape index (κ2) is 5.87. The number of thiophene rings is 1. The molecule has 92 valence electrons. The average molecular weight is 334 g/mol. The van der Waals surface area contributed by atoms with Crippen molar-refractivity contribution in [1.82, 2.24) is 14.5 Å². The quantitative estimate of drug-likeness (QED) is 0.649. The van der Waals surface area contributed by atoms with E-state index in [1.54, 1.807) is 11.3 Å². The minimum Gasteiger partial charge on any atom is -0.313 e. The van der Waals surface area contributed by atoms with Gasteiger partial charge in [0, 0.05) is 39.4 Å². The highest BCUT2D eigenvalue weighted by molar-refractivity contribution is 9.10. The van der Waals surface area contributed by atoms with E-state index in [0.29, 0.717) is 0 Å². The SMILES string of the molecule is CN(Cc1cc(Br)cs1)Cc1nnsc1NN. The topological polar surface area (TPSA) is 67.1 Å². The Bertz CT molecular complexity index is 483. The minimum atomic E-state index is 0.728. The van der Waals surface area contributed by atoms with Crippen LogP contribution in [-0.2, 0) is 13.1 Å². The molecule has 3 N–H and O–H groups in total. The number of aromatic nitrogens is 2. The molecule has 0 unspecified atom stereocenters. The zero-order valence-corrected chi connectivity index (χ0v) is 12.4. The summed E-state index contributed by atoms with van der Waals surface area (Å²) in [6.45, 7) is 1.61. The lowest BCUT2D eigenvalue weighted by molar-refractivity contribution is 0.318. The fourth-order valence-electron chi connectivity index (χ4n) is 1.44. The van der Waals surface area contributed by atoms with E-state index in [9.17, 15) is 0 Å². The number of nitrogens with two attached hydrogens (primary N) is 1. The summed E-state index contributed by atoms with van der Waals surface area (Å²) >= 11 is 6.46. The highest BCUT2D eigenvalue weighted by atomic mass is 79.9. The summed E-state index contributed by atoms with van der Waals surface area (Å²) in [5, 5.41) is 6.96. The van der Waals surface area contributed by atoms with Gasteiger partial charge in [0.05, 0.1) is 0 Å². The second-order valence-electron chi connectivity index (χ2n) is 3.60. The van der Waals surface area contributed by atoms with Crippen LogP contribution in [0.25, 0.3) is 0 Å². The standard InChI is InChI=1S/C9H12BrN5S2/c1-15(3-7-2-6(10)5-16-7)4-8-9(12-11)17-14-13-8/h2,5,12H,3-4,11H2,1H3. The number of hydrogen-bond donors (Lipinski definition) is 2. The Kier molecular flexibility index (Phi) is 4.46. The summed E-state index contributed by atoms with van der Waals surface area (Å²) in [6.07, 6.45) is 0. The third kappa shape index (κ3) is 3.46. The lowest BCUT2D eigenvalue weighted by atomic mass is 10.4. The van der Waals surface area contributed by atoms with E-state index in [1.807, 2.05) is 7.05 Å². The van der Waals surface area contributed by atoms with Gasteiger partial charge in [-0.1, -0.05) is 4.49 Å². The minimum absolute atomic E-state index is 0.728. The predicted molar refractivity (Wildman–Crippen MR) is 74.9 cm³/mol. The first-order valence-corrected chi connectivity index (χ1v) is 7.33. The van der Waals surface area contributed by atoms with Crippen LogP contribution >= 0.6 is 38.8 Å². The van der Waals surface area contributed by atoms with Crippen molar-refractivity contribution in [3.05, 3.63) is 26.5 Å². The second-order valence-corrected chi connectivity index (χ2v) is 6.26. The Labute approximate surface area is 116 Å². The van der Waals surface area contributed by atoms with E-state index < -0.39 is 0 Å². The van der Waals surface area contributed by atoms with E-state index in [4.69, 9.17) is 5.84 Å². The van der Waals surface area contributed by atoms with E-state index in [-0.39, 0.29) is 0 Å². The number of anilines is 1. The van der Waals surface area contributed by atoms with Crippen molar-refractivity contribution in [2.24, 2.45) is 5.84 Å². The summed E-state index contributed by atoms with van der Waals surface area (Å²) in [5.41, 5.74) is 3.50. The Morgan fingerprint density at radius 2 is 2.35 bits per heavy atom. The normalized spacial score (nSPS) is 11.1. The molecular formula is C9H12BrN5S2. The maximum Gasteiger partial charge on any atom is 0.148 e. The van der Waals surface area contributed by atoms with Crippen molar-refractivity contribution < 1.29 is 0 Å². The number of halogens is 1. The third-order valence-corrected chi connectivity index (χ3v) is 4.54. The van der Waals surface area contributed by atoms with Gasteiger partial charge in [-0.05, 0) is 29.0 Å². The molecule has 0 bridgehead atoms. The lowest BCUT2D eigenvalue weighted by Crippen LogP contribution is -2.18. The molecule has 0 aliphatic carbocycles. The molecule has 0 amide bonds. The molecule has 0 spiro atoms. The molecule has 0 fully saturated rings. The van der Waals surface area contributed by atoms with Gasteiger partial charge in [-0.15, -0.1) is 16.4 Å². The fourth-order valence-corrected chi connectivity index (χ4v) is 3.45. The maximum atomic E-state index is 5.38. The largest absolute Gasteiger partial charge is 0.313 e. The van der Waals surface area contributed by atoms with Crippen LogP contribution in [0.2, 0.25) is 0 Å². The van der Waals surface area contributed by atoms with Crippen LogP contribution in [0.3, 0.4) is 0 Å². The molecule has 2 aromatic rings. The van der Waals surface area contributed by atoms with Crippen LogP contribution in [-0.4, -0.2) is 21.5 Å². The molecule has 0 saturated carbocycles. The Balaban J connectivity index is 1.95. The van der Waals surface area contributed by atoms with Crippen molar-refractivity contribution in [1.29, 1.82) is 0 Å². The zero-order valence-electron chi connectivity index (χ0n) is 9.18. The molecule has 0 atom stereocenters. The Hall–Kier alpha value is -0.540. The maximum absolute atomic E-state index is 5.38. The first-order valence-electron chi connectivity index (χ1n) is 4.88. The molecule has 17 heavy (non-hydrogen) atoms. The van der Waals surface area contributed by atoms with Crippen LogP contribution < -0.4 is 11.3 Å². The van der Waals surface area contributed by atoms with Crippen LogP contribution in [0.5, 0.6) is 0 Å². The Morgan fingerprint density at radius 1 is 1.53 bits per heavy atom. The van der Waals surface area contributed by atoms with E-state index >= 15 is 0 Å². The van der Waals surface area contributed by atoms with Gasteiger partial charge < -0.3 is 5.43 Å². The van der Waals surface area contributed by atoms with E-state index in [0.717, 1.165) is 28.3 Å². The number of hydrogen-bond acceptors (Lipinski definition) is 7. The summed E-state index contributed by atoms with van der Waals surface area (Å²) < 4.78 is 5.00. The summed E-state index contributed by atoms with van der Waals surface area (Å²) in [6, 6.07) is 2.13. The van der Waals surface area contributed by atoms with Gasteiger partial charge in [0.15, 0.2) is 0 Å². The smallest absolute Gasteiger partial charge is 0.148 e. The average Bonchev–Trinajstić information content (AvgIpc) is 2.87. The van der Waals surface area contributed by atoms with Gasteiger partial charge in [-0.2, -0.15) is 0 Å². The van der Waals surface area contributed by atoms with Crippen molar-refractivity contribution in [3.8, 4) is 0 Å². The van der Waals surface area contributed by atoms with Gasteiger partial charge in [-0.25, -0.2) is 5.84 Å². The van der Waals surface area contributed by atoms with Crippen molar-refractivity contribution in [2.75, 3.05) is 12.5 Å². The number of nitrogens with one attached hydrogen (secondary N) is 1. The van der Waals surface area contributed by atoms with Crippen LogP contribution in [0.4, 0.5) is 5.00 Å². The van der Waals surface area contributed by atoms with E-state index in [2.05, 4.69) is 47.3 Å². The molecule has 0 saturated heterocycles. The first kappa shape index (κ1) is 12.9.